The van der Waals surface area contributed by atoms with Crippen LogP contribution < -0.4 is 0 Å². The standard InChI is InChI=1S/C8H3Br2NOS2/c9-4-1-2-13-7(4)6(12)8-11-5(10)3-14-8/h1-3H. The van der Waals surface area contributed by atoms with Crippen molar-refractivity contribution in [2.24, 2.45) is 0 Å². The summed E-state index contributed by atoms with van der Waals surface area (Å²) >= 11 is 9.31. The Morgan fingerprint density at radius 2 is 2.14 bits per heavy atom. The third-order valence-electron chi connectivity index (χ3n) is 1.49. The van der Waals surface area contributed by atoms with E-state index in [1.807, 2.05) is 11.4 Å². The van der Waals surface area contributed by atoms with E-state index in [1.54, 1.807) is 5.38 Å². The molecule has 2 heterocycles. The van der Waals surface area contributed by atoms with E-state index in [-0.39, 0.29) is 5.78 Å². The van der Waals surface area contributed by atoms with Crippen LogP contribution in [0.4, 0.5) is 0 Å². The van der Waals surface area contributed by atoms with Gasteiger partial charge in [-0.25, -0.2) is 4.98 Å². The SMILES string of the molecule is O=C(c1nc(Br)cs1)c1sccc1Br. The van der Waals surface area contributed by atoms with Gasteiger partial charge in [0.25, 0.3) is 0 Å². The van der Waals surface area contributed by atoms with Gasteiger partial charge >= 0.3 is 0 Å². The molecule has 0 atom stereocenters. The first-order valence-corrected chi connectivity index (χ1v) is 6.91. The number of hydrogen-bond donors (Lipinski definition) is 0. The minimum absolute atomic E-state index is 0.0254. The van der Waals surface area contributed by atoms with Crippen molar-refractivity contribution in [3.8, 4) is 0 Å². The Morgan fingerprint density at radius 3 is 2.64 bits per heavy atom. The minimum atomic E-state index is -0.0254. The Bertz CT molecular complexity index is 477. The van der Waals surface area contributed by atoms with Crippen molar-refractivity contribution in [3.05, 3.63) is 35.8 Å². The van der Waals surface area contributed by atoms with E-state index in [9.17, 15) is 4.79 Å². The lowest BCUT2D eigenvalue weighted by Crippen LogP contribution is -1.97. The van der Waals surface area contributed by atoms with Gasteiger partial charge < -0.3 is 0 Å². The number of carbonyl (C=O) groups is 1. The first-order valence-electron chi connectivity index (χ1n) is 3.57. The van der Waals surface area contributed by atoms with Gasteiger partial charge in [-0.15, -0.1) is 22.7 Å². The highest BCUT2D eigenvalue weighted by Gasteiger charge is 2.16. The summed E-state index contributed by atoms with van der Waals surface area (Å²) in [5.74, 6) is -0.0254. The van der Waals surface area contributed by atoms with Gasteiger partial charge in [-0.05, 0) is 43.3 Å². The molecule has 0 aliphatic heterocycles. The van der Waals surface area contributed by atoms with Gasteiger partial charge in [-0.3, -0.25) is 4.79 Å². The molecule has 6 heteroatoms. The lowest BCUT2D eigenvalue weighted by molar-refractivity contribution is 0.104. The Labute approximate surface area is 105 Å². The minimum Gasteiger partial charge on any atom is -0.285 e. The molecule has 0 spiro atoms. The molecule has 2 aromatic rings. The summed E-state index contributed by atoms with van der Waals surface area (Å²) in [7, 11) is 0. The van der Waals surface area contributed by atoms with Crippen molar-refractivity contribution < 1.29 is 4.79 Å². The highest BCUT2D eigenvalue weighted by Crippen LogP contribution is 2.27. The number of rotatable bonds is 2. The summed E-state index contributed by atoms with van der Waals surface area (Å²) in [6.07, 6.45) is 0. The van der Waals surface area contributed by atoms with Crippen LogP contribution in [0.1, 0.15) is 14.7 Å². The molecule has 2 nitrogen and oxygen atoms in total. The molecule has 0 radical (unpaired) electrons. The third-order valence-corrected chi connectivity index (χ3v) is 4.88. The number of halogens is 2. The summed E-state index contributed by atoms with van der Waals surface area (Å²) in [5, 5.41) is 4.19. The molecule has 72 valence electrons. The van der Waals surface area contributed by atoms with E-state index >= 15 is 0 Å². The molecular formula is C8H3Br2NOS2. The van der Waals surface area contributed by atoms with Crippen LogP contribution in [0.2, 0.25) is 0 Å². The van der Waals surface area contributed by atoms with E-state index in [1.165, 1.54) is 22.7 Å². The van der Waals surface area contributed by atoms with Crippen LogP contribution >= 0.6 is 54.5 Å². The molecule has 2 rings (SSSR count). The van der Waals surface area contributed by atoms with Gasteiger partial charge in [0.15, 0.2) is 5.01 Å². The summed E-state index contributed by atoms with van der Waals surface area (Å²) in [6.45, 7) is 0. The lowest BCUT2D eigenvalue weighted by Gasteiger charge is -1.92. The van der Waals surface area contributed by atoms with Crippen LogP contribution in [0, 0.1) is 0 Å². The summed E-state index contributed by atoms with van der Waals surface area (Å²) < 4.78 is 1.54. The van der Waals surface area contributed by atoms with E-state index in [0.29, 0.717) is 14.5 Å². The fourth-order valence-corrected chi connectivity index (χ4v) is 3.66. The van der Waals surface area contributed by atoms with Crippen molar-refractivity contribution in [1.29, 1.82) is 0 Å². The van der Waals surface area contributed by atoms with Crippen molar-refractivity contribution in [3.63, 3.8) is 0 Å². The monoisotopic (exact) mass is 351 g/mol. The number of hydrogen-bond acceptors (Lipinski definition) is 4. The van der Waals surface area contributed by atoms with Gasteiger partial charge in [0, 0.05) is 9.85 Å². The van der Waals surface area contributed by atoms with E-state index in [0.717, 1.165) is 4.47 Å². The quantitative estimate of drug-likeness (QED) is 0.765. The maximum absolute atomic E-state index is 11.8. The molecule has 0 amide bonds. The number of thiazole rings is 1. The van der Waals surface area contributed by atoms with Crippen LogP contribution in [0.5, 0.6) is 0 Å². The Hall–Kier alpha value is -0.0400. The zero-order valence-corrected chi connectivity index (χ0v) is 11.5. The second-order valence-corrected chi connectivity index (χ2v) is 5.84. The third kappa shape index (κ3) is 1.98. The largest absolute Gasteiger partial charge is 0.285 e. The van der Waals surface area contributed by atoms with E-state index in [2.05, 4.69) is 36.8 Å². The number of nitrogens with zero attached hydrogens (tertiary/aromatic N) is 1. The van der Waals surface area contributed by atoms with Gasteiger partial charge in [0.1, 0.15) is 4.60 Å². The first kappa shape index (κ1) is 10.5. The molecule has 0 aliphatic rings. The van der Waals surface area contributed by atoms with Gasteiger partial charge in [-0.1, -0.05) is 0 Å². The normalized spacial score (nSPS) is 10.4. The highest BCUT2D eigenvalue weighted by molar-refractivity contribution is 9.10. The summed E-state index contributed by atoms with van der Waals surface area (Å²) in [5.41, 5.74) is 0. The molecular weight excluding hydrogens is 350 g/mol. The predicted octanol–water partition coefficient (Wildman–Crippen LogP) is 3.96. The predicted molar refractivity (Wildman–Crippen MR) is 65.3 cm³/mol. The van der Waals surface area contributed by atoms with Gasteiger partial charge in [0.2, 0.25) is 5.78 Å². The number of carbonyl (C=O) groups excluding carboxylic acids is 1. The zero-order chi connectivity index (χ0) is 10.1. The van der Waals surface area contributed by atoms with Crippen LogP contribution in [0.3, 0.4) is 0 Å². The smallest absolute Gasteiger partial charge is 0.232 e. The maximum atomic E-state index is 11.8. The molecule has 0 unspecified atom stereocenters. The van der Waals surface area contributed by atoms with Gasteiger partial charge in [0.05, 0.1) is 4.88 Å². The number of aromatic nitrogens is 1. The Balaban J connectivity index is 2.38. The molecule has 0 saturated carbocycles. The van der Waals surface area contributed by atoms with Crippen molar-refractivity contribution >= 4 is 60.3 Å². The van der Waals surface area contributed by atoms with E-state index < -0.39 is 0 Å². The van der Waals surface area contributed by atoms with E-state index in [4.69, 9.17) is 0 Å². The number of ketones is 1. The molecule has 2 aromatic heterocycles. The van der Waals surface area contributed by atoms with Crippen molar-refractivity contribution in [1.82, 2.24) is 4.98 Å². The van der Waals surface area contributed by atoms with Crippen LogP contribution in [0.15, 0.2) is 25.9 Å². The molecule has 0 bridgehead atoms. The Kier molecular flexibility index (Phi) is 3.16. The number of thiophene rings is 1. The second-order valence-electron chi connectivity index (χ2n) is 2.40. The fourth-order valence-electron chi connectivity index (χ4n) is 0.911. The van der Waals surface area contributed by atoms with Crippen LogP contribution in [0.25, 0.3) is 0 Å². The molecule has 0 aromatic carbocycles. The van der Waals surface area contributed by atoms with Crippen LogP contribution in [-0.4, -0.2) is 10.8 Å². The first-order chi connectivity index (χ1) is 6.68. The Morgan fingerprint density at radius 1 is 1.36 bits per heavy atom. The lowest BCUT2D eigenvalue weighted by atomic mass is 10.3. The summed E-state index contributed by atoms with van der Waals surface area (Å²) in [4.78, 5) is 16.6. The topological polar surface area (TPSA) is 30.0 Å². The average molecular weight is 353 g/mol. The molecule has 0 aliphatic carbocycles. The average Bonchev–Trinajstić information content (AvgIpc) is 2.73. The molecule has 14 heavy (non-hydrogen) atoms. The maximum Gasteiger partial charge on any atom is 0.232 e. The molecule has 0 N–H and O–H groups in total. The van der Waals surface area contributed by atoms with Gasteiger partial charge in [-0.2, -0.15) is 0 Å². The fraction of sp³-hybridized carbons (Fsp3) is 0. The summed E-state index contributed by atoms with van der Waals surface area (Å²) in [6, 6.07) is 1.86. The zero-order valence-electron chi connectivity index (χ0n) is 6.66. The van der Waals surface area contributed by atoms with Crippen molar-refractivity contribution in [2.45, 2.75) is 0 Å². The highest BCUT2D eigenvalue weighted by atomic mass is 79.9. The molecule has 0 saturated heterocycles. The molecule has 0 fully saturated rings. The van der Waals surface area contributed by atoms with Crippen LogP contribution in [-0.2, 0) is 0 Å². The van der Waals surface area contributed by atoms with Crippen molar-refractivity contribution in [2.75, 3.05) is 0 Å². The second kappa shape index (κ2) is 4.22.